The van der Waals surface area contributed by atoms with Crippen LogP contribution in [0.2, 0.25) is 5.02 Å². The Morgan fingerprint density at radius 2 is 1.84 bits per heavy atom. The van der Waals surface area contributed by atoms with Gasteiger partial charge in [-0.1, -0.05) is 30.7 Å². The second kappa shape index (κ2) is 7.79. The maximum absolute atomic E-state index is 11.6. The SMILES string of the molecule is CCC(C)NC(=O)CNC(=O)Cc1ccc(Cl)cc1. The maximum atomic E-state index is 11.6. The highest BCUT2D eigenvalue weighted by Crippen LogP contribution is 2.09. The van der Waals surface area contributed by atoms with E-state index in [1.54, 1.807) is 24.3 Å². The van der Waals surface area contributed by atoms with Gasteiger partial charge in [0.1, 0.15) is 0 Å². The molecule has 0 fully saturated rings. The maximum Gasteiger partial charge on any atom is 0.239 e. The van der Waals surface area contributed by atoms with E-state index in [0.717, 1.165) is 12.0 Å². The van der Waals surface area contributed by atoms with Crippen molar-refractivity contribution in [2.24, 2.45) is 0 Å². The third kappa shape index (κ3) is 6.25. The lowest BCUT2D eigenvalue weighted by Crippen LogP contribution is -2.41. The average molecular weight is 283 g/mol. The topological polar surface area (TPSA) is 58.2 Å². The highest BCUT2D eigenvalue weighted by atomic mass is 35.5. The van der Waals surface area contributed by atoms with E-state index in [1.165, 1.54) is 0 Å². The summed E-state index contributed by atoms with van der Waals surface area (Å²) in [6, 6.07) is 7.18. The zero-order valence-corrected chi connectivity index (χ0v) is 12.0. The fourth-order valence-electron chi connectivity index (χ4n) is 1.46. The zero-order valence-electron chi connectivity index (χ0n) is 11.2. The van der Waals surface area contributed by atoms with Crippen LogP contribution in [0.15, 0.2) is 24.3 Å². The van der Waals surface area contributed by atoms with Gasteiger partial charge in [0.15, 0.2) is 0 Å². The molecule has 0 aliphatic carbocycles. The molecule has 0 bridgehead atoms. The van der Waals surface area contributed by atoms with Crippen LogP contribution in [0.3, 0.4) is 0 Å². The van der Waals surface area contributed by atoms with Crippen LogP contribution in [0.5, 0.6) is 0 Å². The number of amides is 2. The van der Waals surface area contributed by atoms with Crippen LogP contribution in [0.1, 0.15) is 25.8 Å². The Labute approximate surface area is 118 Å². The number of hydrogen-bond donors (Lipinski definition) is 2. The van der Waals surface area contributed by atoms with E-state index in [4.69, 9.17) is 11.6 Å². The highest BCUT2D eigenvalue weighted by Gasteiger charge is 2.08. The number of rotatable bonds is 6. The number of benzene rings is 1. The molecule has 1 rings (SSSR count). The lowest BCUT2D eigenvalue weighted by Gasteiger charge is -2.11. The predicted octanol–water partition coefficient (Wildman–Crippen LogP) is 1.91. The van der Waals surface area contributed by atoms with Gasteiger partial charge in [0.2, 0.25) is 11.8 Å². The van der Waals surface area contributed by atoms with Gasteiger partial charge in [-0.15, -0.1) is 0 Å². The molecule has 104 valence electrons. The number of carbonyl (C=O) groups excluding carboxylic acids is 2. The molecule has 4 nitrogen and oxygen atoms in total. The highest BCUT2D eigenvalue weighted by molar-refractivity contribution is 6.30. The molecule has 0 spiro atoms. The molecular formula is C14H19ClN2O2. The molecule has 1 unspecified atom stereocenters. The van der Waals surface area contributed by atoms with E-state index in [2.05, 4.69) is 10.6 Å². The molecule has 0 aromatic heterocycles. The van der Waals surface area contributed by atoms with Crippen molar-refractivity contribution in [1.29, 1.82) is 0 Å². The molecule has 0 saturated heterocycles. The normalized spacial score (nSPS) is 11.7. The number of carbonyl (C=O) groups is 2. The van der Waals surface area contributed by atoms with E-state index >= 15 is 0 Å². The van der Waals surface area contributed by atoms with Gasteiger partial charge in [0.25, 0.3) is 0 Å². The lowest BCUT2D eigenvalue weighted by molar-refractivity contribution is -0.126. The second-order valence-corrected chi connectivity index (χ2v) is 4.89. The van der Waals surface area contributed by atoms with Crippen LogP contribution in [-0.2, 0) is 16.0 Å². The van der Waals surface area contributed by atoms with Gasteiger partial charge in [-0.25, -0.2) is 0 Å². The van der Waals surface area contributed by atoms with Crippen LogP contribution in [-0.4, -0.2) is 24.4 Å². The van der Waals surface area contributed by atoms with Crippen molar-refractivity contribution >= 4 is 23.4 Å². The van der Waals surface area contributed by atoms with E-state index in [1.807, 2.05) is 13.8 Å². The molecular weight excluding hydrogens is 264 g/mol. The lowest BCUT2D eigenvalue weighted by atomic mass is 10.1. The molecule has 5 heteroatoms. The molecule has 2 amide bonds. The minimum absolute atomic E-state index is 0.0107. The first-order valence-electron chi connectivity index (χ1n) is 6.31. The third-order valence-electron chi connectivity index (χ3n) is 2.74. The van der Waals surface area contributed by atoms with Crippen molar-refractivity contribution in [3.8, 4) is 0 Å². The zero-order chi connectivity index (χ0) is 14.3. The smallest absolute Gasteiger partial charge is 0.239 e. The van der Waals surface area contributed by atoms with Crippen LogP contribution >= 0.6 is 11.6 Å². The largest absolute Gasteiger partial charge is 0.352 e. The fourth-order valence-corrected chi connectivity index (χ4v) is 1.58. The summed E-state index contributed by atoms with van der Waals surface area (Å²) in [7, 11) is 0. The number of hydrogen-bond acceptors (Lipinski definition) is 2. The van der Waals surface area contributed by atoms with Crippen molar-refractivity contribution < 1.29 is 9.59 Å². The molecule has 1 aromatic rings. The van der Waals surface area contributed by atoms with Crippen molar-refractivity contribution in [2.45, 2.75) is 32.7 Å². The standard InChI is InChI=1S/C14H19ClN2O2/c1-3-10(2)17-14(19)9-16-13(18)8-11-4-6-12(15)7-5-11/h4-7,10H,3,8-9H2,1-2H3,(H,16,18)(H,17,19). The summed E-state index contributed by atoms with van der Waals surface area (Å²) in [5.41, 5.74) is 0.865. The van der Waals surface area contributed by atoms with Crippen molar-refractivity contribution in [3.63, 3.8) is 0 Å². The molecule has 0 heterocycles. The molecule has 0 aliphatic heterocycles. The monoisotopic (exact) mass is 282 g/mol. The Kier molecular flexibility index (Phi) is 6.36. The Bertz CT molecular complexity index is 432. The Morgan fingerprint density at radius 1 is 1.21 bits per heavy atom. The van der Waals surface area contributed by atoms with E-state index in [0.29, 0.717) is 5.02 Å². The number of nitrogens with one attached hydrogen (secondary N) is 2. The van der Waals surface area contributed by atoms with Gasteiger partial charge in [0.05, 0.1) is 13.0 Å². The molecule has 1 aromatic carbocycles. The second-order valence-electron chi connectivity index (χ2n) is 4.46. The summed E-state index contributed by atoms with van der Waals surface area (Å²) in [4.78, 5) is 23.1. The van der Waals surface area contributed by atoms with Gasteiger partial charge in [-0.2, -0.15) is 0 Å². The van der Waals surface area contributed by atoms with Crippen LogP contribution in [0.4, 0.5) is 0 Å². The summed E-state index contributed by atoms with van der Waals surface area (Å²) >= 11 is 5.76. The average Bonchev–Trinajstić information content (AvgIpc) is 2.39. The molecule has 2 N–H and O–H groups in total. The van der Waals surface area contributed by atoms with Gasteiger partial charge in [0, 0.05) is 11.1 Å². The first-order chi connectivity index (χ1) is 9.01. The third-order valence-corrected chi connectivity index (χ3v) is 3.00. The first kappa shape index (κ1) is 15.5. The Balaban J connectivity index is 2.32. The predicted molar refractivity (Wildman–Crippen MR) is 76.1 cm³/mol. The van der Waals surface area contributed by atoms with Gasteiger partial charge >= 0.3 is 0 Å². The van der Waals surface area contributed by atoms with Crippen molar-refractivity contribution in [1.82, 2.24) is 10.6 Å². The summed E-state index contributed by atoms with van der Waals surface area (Å²) < 4.78 is 0. The van der Waals surface area contributed by atoms with Gasteiger partial charge < -0.3 is 10.6 Å². The van der Waals surface area contributed by atoms with Crippen LogP contribution < -0.4 is 10.6 Å². The van der Waals surface area contributed by atoms with Crippen molar-refractivity contribution in [3.05, 3.63) is 34.9 Å². The Morgan fingerprint density at radius 3 is 2.42 bits per heavy atom. The summed E-state index contributed by atoms with van der Waals surface area (Å²) in [6.07, 6.45) is 1.11. The van der Waals surface area contributed by atoms with E-state index in [-0.39, 0.29) is 30.8 Å². The molecule has 0 aliphatic rings. The minimum atomic E-state index is -0.179. The van der Waals surface area contributed by atoms with Crippen LogP contribution in [0.25, 0.3) is 0 Å². The van der Waals surface area contributed by atoms with Crippen LogP contribution in [0, 0.1) is 0 Å². The summed E-state index contributed by atoms with van der Waals surface area (Å²) in [5, 5.41) is 6.01. The fraction of sp³-hybridized carbons (Fsp3) is 0.429. The molecule has 19 heavy (non-hydrogen) atoms. The summed E-state index contributed by atoms with van der Waals surface area (Å²) in [5.74, 6) is -0.347. The molecule has 0 saturated carbocycles. The van der Waals surface area contributed by atoms with E-state index < -0.39 is 0 Å². The Hall–Kier alpha value is -1.55. The van der Waals surface area contributed by atoms with Gasteiger partial charge in [-0.05, 0) is 31.0 Å². The number of halogens is 1. The summed E-state index contributed by atoms with van der Waals surface area (Å²) in [6.45, 7) is 3.92. The van der Waals surface area contributed by atoms with Gasteiger partial charge in [-0.3, -0.25) is 9.59 Å². The quantitative estimate of drug-likeness (QED) is 0.837. The molecule has 0 radical (unpaired) electrons. The molecule has 1 atom stereocenters. The van der Waals surface area contributed by atoms with Crippen molar-refractivity contribution in [2.75, 3.05) is 6.54 Å². The first-order valence-corrected chi connectivity index (χ1v) is 6.69. The van der Waals surface area contributed by atoms with E-state index in [9.17, 15) is 9.59 Å². The minimum Gasteiger partial charge on any atom is -0.352 e.